The molecule has 0 unspecified atom stereocenters. The van der Waals surface area contributed by atoms with Gasteiger partial charge in [-0.1, -0.05) is 27.3 Å². The molecule has 0 fully saturated rings. The van der Waals surface area contributed by atoms with Gasteiger partial charge < -0.3 is 4.57 Å². The lowest BCUT2D eigenvalue weighted by molar-refractivity contribution is 0.0998. The third kappa shape index (κ3) is 2.89. The minimum absolute atomic E-state index is 0.289. The molecule has 2 aromatic carbocycles. The van der Waals surface area contributed by atoms with Crippen molar-refractivity contribution in [1.82, 2.24) is 4.57 Å². The number of hydrogen-bond acceptors (Lipinski definition) is 2. The molecule has 1 heterocycles. The van der Waals surface area contributed by atoms with Gasteiger partial charge in [-0.2, -0.15) is 4.99 Å². The van der Waals surface area contributed by atoms with Crippen molar-refractivity contribution in [1.29, 1.82) is 0 Å². The van der Waals surface area contributed by atoms with Crippen molar-refractivity contribution >= 4 is 43.4 Å². The van der Waals surface area contributed by atoms with Gasteiger partial charge in [0.1, 0.15) is 5.82 Å². The summed E-state index contributed by atoms with van der Waals surface area (Å²) in [6, 6.07) is 11.6. The van der Waals surface area contributed by atoms with Gasteiger partial charge in [-0.05, 0) is 49.4 Å². The molecule has 0 N–H and O–H groups in total. The van der Waals surface area contributed by atoms with Gasteiger partial charge in [0.25, 0.3) is 5.91 Å². The minimum atomic E-state index is -0.304. The Bertz CT molecular complexity index is 912. The number of hydrogen-bond donors (Lipinski definition) is 0. The zero-order chi connectivity index (χ0) is 15.7. The third-order valence-electron chi connectivity index (χ3n) is 3.25. The molecular weight excluding hydrogens is 367 g/mol. The molecule has 3 nitrogen and oxygen atoms in total. The molecule has 0 saturated carbocycles. The predicted molar refractivity (Wildman–Crippen MR) is 89.5 cm³/mol. The van der Waals surface area contributed by atoms with Gasteiger partial charge in [0.05, 0.1) is 10.2 Å². The van der Waals surface area contributed by atoms with Crippen molar-refractivity contribution in [2.24, 2.45) is 4.99 Å². The molecule has 3 aromatic rings. The van der Waals surface area contributed by atoms with Gasteiger partial charge in [-0.25, -0.2) is 4.39 Å². The molecule has 0 aliphatic carbocycles. The average molecular weight is 379 g/mol. The Kier molecular flexibility index (Phi) is 4.22. The van der Waals surface area contributed by atoms with Gasteiger partial charge in [0.2, 0.25) is 0 Å². The number of amides is 1. The second-order valence-corrected chi connectivity index (χ2v) is 6.59. The fraction of sp³-hybridized carbons (Fsp3) is 0.125. The summed E-state index contributed by atoms with van der Waals surface area (Å²) >= 11 is 4.65. The number of halogens is 2. The zero-order valence-corrected chi connectivity index (χ0v) is 14.1. The molecule has 0 aliphatic heterocycles. The lowest BCUT2D eigenvalue weighted by atomic mass is 10.2. The molecule has 0 radical (unpaired) electrons. The molecule has 1 amide bonds. The van der Waals surface area contributed by atoms with Crippen LogP contribution in [-0.2, 0) is 6.54 Å². The summed E-state index contributed by atoms with van der Waals surface area (Å²) in [5, 5.41) is 0. The number of benzene rings is 2. The molecule has 6 heteroatoms. The van der Waals surface area contributed by atoms with Gasteiger partial charge >= 0.3 is 0 Å². The minimum Gasteiger partial charge on any atom is -0.317 e. The van der Waals surface area contributed by atoms with Crippen LogP contribution in [0.4, 0.5) is 4.39 Å². The summed E-state index contributed by atoms with van der Waals surface area (Å²) in [4.78, 5) is 17.1. The third-order valence-corrected chi connectivity index (χ3v) is 4.82. The van der Waals surface area contributed by atoms with E-state index in [0.29, 0.717) is 16.9 Å². The van der Waals surface area contributed by atoms with Crippen molar-refractivity contribution in [3.63, 3.8) is 0 Å². The number of rotatable bonds is 2. The first-order valence-electron chi connectivity index (χ1n) is 6.72. The van der Waals surface area contributed by atoms with Gasteiger partial charge in [0, 0.05) is 16.6 Å². The van der Waals surface area contributed by atoms with Crippen LogP contribution in [0.15, 0.2) is 51.9 Å². The lowest BCUT2D eigenvalue weighted by Crippen LogP contribution is -2.15. The standard InChI is InChI=1S/C16H12BrFN2OS/c1-2-20-13-8-7-12(18)9-14(13)22-16(20)19-15(21)10-3-5-11(17)6-4-10/h3-9H,2H2,1H3. The van der Waals surface area contributed by atoms with E-state index >= 15 is 0 Å². The van der Waals surface area contributed by atoms with E-state index in [1.165, 1.54) is 23.5 Å². The number of carbonyl (C=O) groups excluding carboxylic acids is 1. The largest absolute Gasteiger partial charge is 0.317 e. The molecule has 3 rings (SSSR count). The molecule has 112 valence electrons. The van der Waals surface area contributed by atoms with E-state index in [1.54, 1.807) is 30.3 Å². The fourth-order valence-corrected chi connectivity index (χ4v) is 3.56. The van der Waals surface area contributed by atoms with E-state index < -0.39 is 0 Å². The Morgan fingerprint density at radius 2 is 2.00 bits per heavy atom. The van der Waals surface area contributed by atoms with Crippen molar-refractivity contribution < 1.29 is 9.18 Å². The van der Waals surface area contributed by atoms with E-state index in [-0.39, 0.29) is 11.7 Å². The highest BCUT2D eigenvalue weighted by atomic mass is 79.9. The topological polar surface area (TPSA) is 34.4 Å². The van der Waals surface area contributed by atoms with Crippen molar-refractivity contribution in [3.8, 4) is 0 Å². The van der Waals surface area contributed by atoms with Crippen LogP contribution in [0.1, 0.15) is 17.3 Å². The van der Waals surface area contributed by atoms with Crippen LogP contribution < -0.4 is 4.80 Å². The van der Waals surface area contributed by atoms with E-state index in [4.69, 9.17) is 0 Å². The van der Waals surface area contributed by atoms with E-state index in [9.17, 15) is 9.18 Å². The molecule has 0 saturated heterocycles. The number of carbonyl (C=O) groups is 1. The average Bonchev–Trinajstić information content (AvgIpc) is 2.83. The van der Waals surface area contributed by atoms with Crippen molar-refractivity contribution in [2.45, 2.75) is 13.5 Å². The monoisotopic (exact) mass is 378 g/mol. The van der Waals surface area contributed by atoms with Crippen LogP contribution in [0.2, 0.25) is 0 Å². The van der Waals surface area contributed by atoms with Crippen LogP contribution in [0.25, 0.3) is 10.2 Å². The Morgan fingerprint density at radius 1 is 1.27 bits per heavy atom. The molecule has 1 aromatic heterocycles. The summed E-state index contributed by atoms with van der Waals surface area (Å²) < 4.78 is 16.9. The van der Waals surface area contributed by atoms with Crippen molar-refractivity contribution in [3.05, 3.63) is 63.1 Å². The molecule has 22 heavy (non-hydrogen) atoms. The Labute approximate surface area is 138 Å². The van der Waals surface area contributed by atoms with E-state index in [2.05, 4.69) is 20.9 Å². The fourth-order valence-electron chi connectivity index (χ4n) is 2.18. The molecule has 0 aliphatic rings. The van der Waals surface area contributed by atoms with Gasteiger partial charge in [0.15, 0.2) is 4.80 Å². The lowest BCUT2D eigenvalue weighted by Gasteiger charge is -2.00. The summed E-state index contributed by atoms with van der Waals surface area (Å²) in [5.41, 5.74) is 1.41. The maximum atomic E-state index is 13.3. The van der Waals surface area contributed by atoms with Crippen LogP contribution in [-0.4, -0.2) is 10.5 Å². The maximum Gasteiger partial charge on any atom is 0.279 e. The Hall–Kier alpha value is -1.79. The number of thiazole rings is 1. The summed E-state index contributed by atoms with van der Waals surface area (Å²) in [6.45, 7) is 2.64. The highest BCUT2D eigenvalue weighted by molar-refractivity contribution is 9.10. The second-order valence-electron chi connectivity index (χ2n) is 4.66. The van der Waals surface area contributed by atoms with E-state index in [1.807, 2.05) is 11.5 Å². The molecule has 0 bridgehead atoms. The first-order chi connectivity index (χ1) is 10.6. The van der Waals surface area contributed by atoms with Crippen LogP contribution in [0.3, 0.4) is 0 Å². The highest BCUT2D eigenvalue weighted by Gasteiger charge is 2.09. The second kappa shape index (κ2) is 6.14. The Morgan fingerprint density at radius 3 is 2.68 bits per heavy atom. The summed E-state index contributed by atoms with van der Waals surface area (Å²) in [5.74, 6) is -0.593. The predicted octanol–water partition coefficient (Wildman–Crippen LogP) is 4.37. The van der Waals surface area contributed by atoms with Crippen LogP contribution in [0, 0.1) is 5.82 Å². The van der Waals surface area contributed by atoms with Crippen LogP contribution >= 0.6 is 27.3 Å². The Balaban J connectivity index is 2.12. The molecule has 0 spiro atoms. The zero-order valence-electron chi connectivity index (χ0n) is 11.7. The summed E-state index contributed by atoms with van der Waals surface area (Å²) in [6.07, 6.45) is 0. The van der Waals surface area contributed by atoms with Gasteiger partial charge in [-0.3, -0.25) is 4.79 Å². The van der Waals surface area contributed by atoms with Crippen molar-refractivity contribution in [2.75, 3.05) is 0 Å². The quantitative estimate of drug-likeness (QED) is 0.651. The van der Waals surface area contributed by atoms with Gasteiger partial charge in [-0.15, -0.1) is 0 Å². The number of nitrogens with zero attached hydrogens (tertiary/aromatic N) is 2. The SMILES string of the molecule is CCn1c(=NC(=O)c2ccc(Br)cc2)sc2cc(F)ccc21. The number of fused-ring (bicyclic) bond motifs is 1. The normalized spacial score (nSPS) is 12.0. The highest BCUT2D eigenvalue weighted by Crippen LogP contribution is 2.19. The number of aromatic nitrogens is 1. The number of aryl methyl sites for hydroxylation is 1. The maximum absolute atomic E-state index is 13.3. The van der Waals surface area contributed by atoms with Crippen LogP contribution in [0.5, 0.6) is 0 Å². The van der Waals surface area contributed by atoms with E-state index in [0.717, 1.165) is 14.7 Å². The smallest absolute Gasteiger partial charge is 0.279 e. The first kappa shape index (κ1) is 15.1. The molecular formula is C16H12BrFN2OS. The first-order valence-corrected chi connectivity index (χ1v) is 8.33. The summed E-state index contributed by atoms with van der Waals surface area (Å²) in [7, 11) is 0. The molecule has 0 atom stereocenters.